The molecule has 1 atom stereocenters. The van der Waals surface area contributed by atoms with Crippen molar-refractivity contribution in [1.29, 1.82) is 0 Å². The van der Waals surface area contributed by atoms with E-state index in [1.165, 1.54) is 0 Å². The van der Waals surface area contributed by atoms with Crippen LogP contribution in [0.25, 0.3) is 0 Å². The first kappa shape index (κ1) is 11.4. The first-order valence-electron chi connectivity index (χ1n) is 4.86. The van der Waals surface area contributed by atoms with Crippen molar-refractivity contribution in [3.05, 3.63) is 12.3 Å². The van der Waals surface area contributed by atoms with E-state index in [4.69, 9.17) is 0 Å². The highest BCUT2D eigenvalue weighted by Crippen LogP contribution is 2.39. The smallest absolute Gasteiger partial charge is 0.372 e. The van der Waals surface area contributed by atoms with E-state index in [-0.39, 0.29) is 18.2 Å². The molecule has 0 N–H and O–H groups in total. The maximum absolute atomic E-state index is 12.5. The molecule has 0 saturated carbocycles. The van der Waals surface area contributed by atoms with Crippen molar-refractivity contribution in [1.82, 2.24) is 4.90 Å². The fourth-order valence-electron chi connectivity index (χ4n) is 1.92. The van der Waals surface area contributed by atoms with E-state index in [1.54, 1.807) is 4.90 Å². The lowest BCUT2D eigenvalue weighted by Crippen LogP contribution is -2.42. The summed E-state index contributed by atoms with van der Waals surface area (Å²) in [6.45, 7) is 8.05. The van der Waals surface area contributed by atoms with Crippen LogP contribution in [-0.2, 0) is 0 Å². The lowest BCUT2D eigenvalue weighted by molar-refractivity contribution is -0.175. The maximum Gasteiger partial charge on any atom is 0.397 e. The van der Waals surface area contributed by atoms with Crippen molar-refractivity contribution in [2.45, 2.75) is 38.9 Å². The van der Waals surface area contributed by atoms with Crippen LogP contribution in [0.2, 0.25) is 0 Å². The minimum Gasteiger partial charge on any atom is -0.372 e. The Morgan fingerprint density at radius 3 is 2.43 bits per heavy atom. The van der Waals surface area contributed by atoms with Crippen LogP contribution < -0.4 is 0 Å². The summed E-state index contributed by atoms with van der Waals surface area (Å²) in [6.07, 6.45) is -3.35. The Morgan fingerprint density at radius 2 is 2.00 bits per heavy atom. The molecule has 1 fully saturated rings. The Balaban J connectivity index is 2.77. The van der Waals surface area contributed by atoms with Crippen LogP contribution in [0.1, 0.15) is 26.7 Å². The molecule has 4 heteroatoms. The standard InChI is InChI=1S/C10H16F3N/c1-7(2)14-6-4-5-9(8(14)3)10(11,12)13/h7,9H,3-6H2,1-2H3. The van der Waals surface area contributed by atoms with Gasteiger partial charge in [0, 0.05) is 18.3 Å². The van der Waals surface area contributed by atoms with Crippen LogP contribution in [0.15, 0.2) is 12.3 Å². The minimum absolute atomic E-state index is 0.104. The van der Waals surface area contributed by atoms with Gasteiger partial charge in [-0.25, -0.2) is 0 Å². The second-order valence-electron chi connectivity index (χ2n) is 4.01. The van der Waals surface area contributed by atoms with Gasteiger partial charge in [-0.2, -0.15) is 13.2 Å². The van der Waals surface area contributed by atoms with Gasteiger partial charge < -0.3 is 4.90 Å². The number of halogens is 3. The first-order valence-corrected chi connectivity index (χ1v) is 4.86. The summed E-state index contributed by atoms with van der Waals surface area (Å²) in [4.78, 5) is 1.75. The number of allylic oxidation sites excluding steroid dienone is 1. The average Bonchev–Trinajstić information content (AvgIpc) is 2.01. The van der Waals surface area contributed by atoms with Gasteiger partial charge in [-0.1, -0.05) is 6.58 Å². The van der Waals surface area contributed by atoms with E-state index in [1.807, 2.05) is 13.8 Å². The van der Waals surface area contributed by atoms with Gasteiger partial charge in [-0.15, -0.1) is 0 Å². The van der Waals surface area contributed by atoms with Crippen molar-refractivity contribution in [3.63, 3.8) is 0 Å². The summed E-state index contributed by atoms with van der Waals surface area (Å²) >= 11 is 0. The normalized spacial score (nSPS) is 24.6. The first-order chi connectivity index (χ1) is 6.34. The largest absolute Gasteiger partial charge is 0.397 e. The number of hydrogen-bond donors (Lipinski definition) is 0. The summed E-state index contributed by atoms with van der Waals surface area (Å²) in [5.41, 5.74) is 0.235. The molecular weight excluding hydrogens is 191 g/mol. The Labute approximate surface area is 82.6 Å². The van der Waals surface area contributed by atoms with Crippen LogP contribution in [0.3, 0.4) is 0 Å². The molecule has 0 aliphatic carbocycles. The van der Waals surface area contributed by atoms with Gasteiger partial charge in [0.25, 0.3) is 0 Å². The van der Waals surface area contributed by atoms with Crippen LogP contribution in [0.5, 0.6) is 0 Å². The summed E-state index contributed by atoms with van der Waals surface area (Å²) in [7, 11) is 0. The predicted octanol–water partition coefficient (Wildman–Crippen LogP) is 3.18. The topological polar surface area (TPSA) is 3.24 Å². The third-order valence-electron chi connectivity index (χ3n) is 2.68. The lowest BCUT2D eigenvalue weighted by atomic mass is 9.93. The Bertz CT molecular complexity index is 220. The molecule has 1 aliphatic heterocycles. The average molecular weight is 207 g/mol. The summed E-state index contributed by atoms with van der Waals surface area (Å²) < 4.78 is 37.6. The van der Waals surface area contributed by atoms with Crippen LogP contribution in [-0.4, -0.2) is 23.7 Å². The summed E-state index contributed by atoms with van der Waals surface area (Å²) in [5, 5.41) is 0. The number of rotatable bonds is 1. The van der Waals surface area contributed by atoms with Gasteiger partial charge in [-0.05, 0) is 26.7 Å². The fourth-order valence-corrected chi connectivity index (χ4v) is 1.92. The summed E-state index contributed by atoms with van der Waals surface area (Å²) in [6, 6.07) is 0.104. The second-order valence-corrected chi connectivity index (χ2v) is 4.01. The van der Waals surface area contributed by atoms with Gasteiger partial charge >= 0.3 is 6.18 Å². The number of piperidine rings is 1. The monoisotopic (exact) mass is 207 g/mol. The zero-order valence-electron chi connectivity index (χ0n) is 8.56. The van der Waals surface area contributed by atoms with Crippen LogP contribution >= 0.6 is 0 Å². The number of alkyl halides is 3. The molecular formula is C10H16F3N. The maximum atomic E-state index is 12.5. The second kappa shape index (κ2) is 3.83. The molecule has 1 aliphatic rings. The third kappa shape index (κ3) is 2.22. The van der Waals surface area contributed by atoms with Gasteiger partial charge in [0.1, 0.15) is 0 Å². The molecule has 0 amide bonds. The number of nitrogens with zero attached hydrogens (tertiary/aromatic N) is 1. The predicted molar refractivity (Wildman–Crippen MR) is 49.8 cm³/mol. The Kier molecular flexibility index (Phi) is 3.12. The molecule has 0 bridgehead atoms. The molecule has 0 spiro atoms. The third-order valence-corrected chi connectivity index (χ3v) is 2.68. The van der Waals surface area contributed by atoms with E-state index in [0.29, 0.717) is 13.0 Å². The Hall–Kier alpha value is -0.670. The van der Waals surface area contributed by atoms with Gasteiger partial charge in [0.15, 0.2) is 0 Å². The van der Waals surface area contributed by atoms with Crippen molar-refractivity contribution >= 4 is 0 Å². The highest BCUT2D eigenvalue weighted by atomic mass is 19.4. The van der Waals surface area contributed by atoms with Gasteiger partial charge in [0.05, 0.1) is 5.92 Å². The molecule has 82 valence electrons. The van der Waals surface area contributed by atoms with E-state index in [9.17, 15) is 13.2 Å². The van der Waals surface area contributed by atoms with E-state index in [0.717, 1.165) is 0 Å². The Morgan fingerprint density at radius 1 is 1.43 bits per heavy atom. The van der Waals surface area contributed by atoms with Crippen molar-refractivity contribution < 1.29 is 13.2 Å². The van der Waals surface area contributed by atoms with Crippen LogP contribution in [0, 0.1) is 5.92 Å². The number of hydrogen-bond acceptors (Lipinski definition) is 1. The van der Waals surface area contributed by atoms with E-state index < -0.39 is 12.1 Å². The van der Waals surface area contributed by atoms with Crippen molar-refractivity contribution in [2.24, 2.45) is 5.92 Å². The van der Waals surface area contributed by atoms with Crippen molar-refractivity contribution in [3.8, 4) is 0 Å². The fraction of sp³-hybridized carbons (Fsp3) is 0.800. The minimum atomic E-state index is -4.13. The molecule has 0 radical (unpaired) electrons. The van der Waals surface area contributed by atoms with Crippen LogP contribution in [0.4, 0.5) is 13.2 Å². The number of likely N-dealkylation sites (tertiary alicyclic amines) is 1. The molecule has 1 saturated heterocycles. The molecule has 1 nitrogen and oxygen atoms in total. The molecule has 0 aromatic heterocycles. The molecule has 0 aromatic carbocycles. The van der Waals surface area contributed by atoms with E-state index in [2.05, 4.69) is 6.58 Å². The lowest BCUT2D eigenvalue weighted by Gasteiger charge is -2.39. The zero-order chi connectivity index (χ0) is 10.9. The van der Waals surface area contributed by atoms with E-state index >= 15 is 0 Å². The molecule has 0 aromatic rings. The highest BCUT2D eigenvalue weighted by Gasteiger charge is 2.44. The van der Waals surface area contributed by atoms with Gasteiger partial charge in [0.2, 0.25) is 0 Å². The van der Waals surface area contributed by atoms with Gasteiger partial charge in [-0.3, -0.25) is 0 Å². The highest BCUT2D eigenvalue weighted by molar-refractivity contribution is 5.07. The summed E-state index contributed by atoms with van der Waals surface area (Å²) in [5.74, 6) is -1.33. The SMILES string of the molecule is C=C1C(C(F)(F)F)CCCN1C(C)C. The van der Waals surface area contributed by atoms with Crippen molar-refractivity contribution in [2.75, 3.05) is 6.54 Å². The quantitative estimate of drug-likeness (QED) is 0.638. The molecule has 14 heavy (non-hydrogen) atoms. The molecule has 1 rings (SSSR count). The zero-order valence-corrected chi connectivity index (χ0v) is 8.56. The molecule has 1 unspecified atom stereocenters. The molecule has 1 heterocycles.